The van der Waals surface area contributed by atoms with Gasteiger partial charge in [0.05, 0.1) is 11.3 Å². The highest BCUT2D eigenvalue weighted by molar-refractivity contribution is 6.04. The van der Waals surface area contributed by atoms with Crippen LogP contribution in [0.5, 0.6) is 0 Å². The molecule has 2 aromatic carbocycles. The van der Waals surface area contributed by atoms with E-state index in [1.54, 1.807) is 24.4 Å². The van der Waals surface area contributed by atoms with Crippen LogP contribution in [0.25, 0.3) is 12.2 Å². The molecule has 0 fully saturated rings. The van der Waals surface area contributed by atoms with Crippen molar-refractivity contribution in [3.05, 3.63) is 95.3 Å². The summed E-state index contributed by atoms with van der Waals surface area (Å²) in [6.07, 6.45) is 5.41. The van der Waals surface area contributed by atoms with Crippen molar-refractivity contribution in [2.24, 2.45) is 0 Å². The van der Waals surface area contributed by atoms with Gasteiger partial charge in [0.1, 0.15) is 11.6 Å². The summed E-state index contributed by atoms with van der Waals surface area (Å²) in [5, 5.41) is 2.61. The summed E-state index contributed by atoms with van der Waals surface area (Å²) < 4.78 is 26.6. The van der Waals surface area contributed by atoms with Crippen molar-refractivity contribution >= 4 is 23.7 Å². The third-order valence-corrected chi connectivity index (χ3v) is 3.45. The molecule has 0 radical (unpaired) electrons. The molecule has 0 saturated heterocycles. The van der Waals surface area contributed by atoms with Crippen molar-refractivity contribution in [1.29, 1.82) is 0 Å². The lowest BCUT2D eigenvalue weighted by atomic mass is 10.1. The summed E-state index contributed by atoms with van der Waals surface area (Å²) in [6.45, 7) is 0. The zero-order chi connectivity index (χ0) is 17.6. The summed E-state index contributed by atoms with van der Waals surface area (Å²) >= 11 is 0. The Labute approximate surface area is 143 Å². The number of carbonyl (C=O) groups excluding carboxylic acids is 1. The Kier molecular flexibility index (Phi) is 4.95. The second-order valence-electron chi connectivity index (χ2n) is 5.29. The Morgan fingerprint density at radius 1 is 0.960 bits per heavy atom. The van der Waals surface area contributed by atoms with E-state index in [2.05, 4.69) is 10.3 Å². The van der Waals surface area contributed by atoms with Gasteiger partial charge in [0.25, 0.3) is 5.91 Å². The van der Waals surface area contributed by atoms with Crippen molar-refractivity contribution in [2.75, 3.05) is 5.32 Å². The molecule has 1 amide bonds. The quantitative estimate of drug-likeness (QED) is 0.745. The number of amides is 1. The molecule has 1 aromatic heterocycles. The van der Waals surface area contributed by atoms with Gasteiger partial charge in [-0.2, -0.15) is 0 Å². The highest BCUT2D eigenvalue weighted by Gasteiger charge is 2.12. The smallest absolute Gasteiger partial charge is 0.258 e. The molecule has 3 rings (SSSR count). The molecular weight excluding hydrogens is 322 g/mol. The molecule has 0 bridgehead atoms. The number of carbonyl (C=O) groups is 1. The van der Waals surface area contributed by atoms with E-state index in [1.807, 2.05) is 36.4 Å². The third-order valence-electron chi connectivity index (χ3n) is 3.45. The van der Waals surface area contributed by atoms with E-state index in [0.29, 0.717) is 11.8 Å². The predicted molar refractivity (Wildman–Crippen MR) is 93.9 cm³/mol. The molecule has 1 heterocycles. The molecule has 0 spiro atoms. The molecule has 25 heavy (non-hydrogen) atoms. The lowest BCUT2D eigenvalue weighted by Gasteiger charge is -2.07. The van der Waals surface area contributed by atoms with Crippen molar-refractivity contribution in [2.45, 2.75) is 0 Å². The number of anilines is 1. The molecule has 0 aliphatic heterocycles. The van der Waals surface area contributed by atoms with E-state index < -0.39 is 17.5 Å². The summed E-state index contributed by atoms with van der Waals surface area (Å²) in [4.78, 5) is 16.3. The first-order valence-corrected chi connectivity index (χ1v) is 7.57. The zero-order valence-electron chi connectivity index (χ0n) is 13.1. The highest BCUT2D eigenvalue weighted by atomic mass is 19.1. The van der Waals surface area contributed by atoms with E-state index in [9.17, 15) is 13.6 Å². The van der Waals surface area contributed by atoms with Crippen molar-refractivity contribution in [3.63, 3.8) is 0 Å². The fourth-order valence-corrected chi connectivity index (χ4v) is 2.25. The Morgan fingerprint density at radius 3 is 2.60 bits per heavy atom. The monoisotopic (exact) mass is 336 g/mol. The highest BCUT2D eigenvalue weighted by Crippen LogP contribution is 2.16. The van der Waals surface area contributed by atoms with Crippen molar-refractivity contribution in [3.8, 4) is 0 Å². The molecule has 0 aliphatic rings. The first-order valence-electron chi connectivity index (χ1n) is 7.57. The second kappa shape index (κ2) is 7.49. The van der Waals surface area contributed by atoms with Gasteiger partial charge in [0.2, 0.25) is 0 Å². The number of rotatable bonds is 4. The first kappa shape index (κ1) is 16.5. The van der Waals surface area contributed by atoms with E-state index in [0.717, 1.165) is 23.4 Å². The van der Waals surface area contributed by atoms with Gasteiger partial charge >= 0.3 is 0 Å². The number of nitrogens with one attached hydrogen (secondary N) is 1. The SMILES string of the molecule is O=C(Nc1cccc(C=Cc2ccccn2)c1)c1ccc(F)cc1F. The largest absolute Gasteiger partial charge is 0.322 e. The van der Waals surface area contributed by atoms with Crippen molar-refractivity contribution in [1.82, 2.24) is 4.98 Å². The topological polar surface area (TPSA) is 42.0 Å². The number of hydrogen-bond donors (Lipinski definition) is 1. The average Bonchev–Trinajstić information content (AvgIpc) is 2.61. The van der Waals surface area contributed by atoms with Gasteiger partial charge < -0.3 is 5.32 Å². The van der Waals surface area contributed by atoms with E-state index in [-0.39, 0.29) is 5.56 Å². The average molecular weight is 336 g/mol. The number of benzene rings is 2. The number of aromatic nitrogens is 1. The fraction of sp³-hybridized carbons (Fsp3) is 0. The van der Waals surface area contributed by atoms with Crippen LogP contribution in [0.1, 0.15) is 21.6 Å². The molecule has 0 saturated carbocycles. The summed E-state index contributed by atoms with van der Waals surface area (Å²) in [5.74, 6) is -2.26. The number of halogens is 2. The predicted octanol–water partition coefficient (Wildman–Crippen LogP) is 4.78. The minimum Gasteiger partial charge on any atom is -0.322 e. The minimum absolute atomic E-state index is 0.212. The summed E-state index contributed by atoms with van der Waals surface area (Å²) in [5.41, 5.74) is 1.96. The van der Waals surface area contributed by atoms with Gasteiger partial charge in [-0.25, -0.2) is 8.78 Å². The van der Waals surface area contributed by atoms with Crippen LogP contribution in [-0.4, -0.2) is 10.9 Å². The lowest BCUT2D eigenvalue weighted by molar-refractivity contribution is 0.102. The Hall–Kier alpha value is -3.34. The van der Waals surface area contributed by atoms with Crippen molar-refractivity contribution < 1.29 is 13.6 Å². The van der Waals surface area contributed by atoms with Gasteiger partial charge in [-0.05, 0) is 48.0 Å². The van der Waals surface area contributed by atoms with Crippen LogP contribution in [0.2, 0.25) is 0 Å². The molecule has 0 unspecified atom stereocenters. The fourth-order valence-electron chi connectivity index (χ4n) is 2.25. The van der Waals surface area contributed by atoms with Gasteiger partial charge in [-0.1, -0.05) is 24.3 Å². The van der Waals surface area contributed by atoms with Crippen LogP contribution in [0.4, 0.5) is 14.5 Å². The van der Waals surface area contributed by atoms with Gasteiger partial charge in [0.15, 0.2) is 0 Å². The summed E-state index contributed by atoms with van der Waals surface area (Å²) in [6, 6.07) is 15.5. The standard InChI is InChI=1S/C20H14F2N2O/c21-15-8-10-18(19(22)13-15)20(25)24-17-6-3-4-14(12-17)7-9-16-5-1-2-11-23-16/h1-13H,(H,24,25). The molecular formula is C20H14F2N2O. The minimum atomic E-state index is -0.899. The maximum atomic E-state index is 13.7. The Balaban J connectivity index is 1.75. The maximum absolute atomic E-state index is 13.7. The van der Waals surface area contributed by atoms with Crippen LogP contribution < -0.4 is 5.32 Å². The van der Waals surface area contributed by atoms with Crippen LogP contribution in [0.3, 0.4) is 0 Å². The van der Waals surface area contributed by atoms with Crippen LogP contribution >= 0.6 is 0 Å². The third kappa shape index (κ3) is 4.35. The molecule has 0 atom stereocenters. The Bertz CT molecular complexity index is 924. The molecule has 0 aliphatic carbocycles. The van der Waals surface area contributed by atoms with Gasteiger partial charge in [-0.3, -0.25) is 9.78 Å². The maximum Gasteiger partial charge on any atom is 0.258 e. The number of nitrogens with zero attached hydrogens (tertiary/aromatic N) is 1. The first-order chi connectivity index (χ1) is 12.1. The van der Waals surface area contributed by atoms with E-state index in [1.165, 1.54) is 0 Å². The second-order valence-corrected chi connectivity index (χ2v) is 5.29. The van der Waals surface area contributed by atoms with Crippen LogP contribution in [0, 0.1) is 11.6 Å². The van der Waals surface area contributed by atoms with E-state index in [4.69, 9.17) is 0 Å². The zero-order valence-corrected chi connectivity index (χ0v) is 13.1. The van der Waals surface area contributed by atoms with Gasteiger partial charge in [0, 0.05) is 18.0 Å². The lowest BCUT2D eigenvalue weighted by Crippen LogP contribution is -2.13. The molecule has 3 nitrogen and oxygen atoms in total. The van der Waals surface area contributed by atoms with Crippen LogP contribution in [-0.2, 0) is 0 Å². The van der Waals surface area contributed by atoms with Crippen LogP contribution in [0.15, 0.2) is 66.9 Å². The summed E-state index contributed by atoms with van der Waals surface area (Å²) in [7, 11) is 0. The molecule has 1 N–H and O–H groups in total. The Morgan fingerprint density at radius 2 is 1.84 bits per heavy atom. The molecule has 3 aromatic rings. The number of hydrogen-bond acceptors (Lipinski definition) is 2. The normalized spacial score (nSPS) is 10.8. The molecule has 5 heteroatoms. The molecule has 124 valence electrons. The van der Waals surface area contributed by atoms with E-state index >= 15 is 0 Å². The number of pyridine rings is 1. The van der Waals surface area contributed by atoms with Gasteiger partial charge in [-0.15, -0.1) is 0 Å².